The number of hydrogen-bond acceptors (Lipinski definition) is 4. The van der Waals surface area contributed by atoms with Crippen molar-refractivity contribution < 1.29 is 24.2 Å². The van der Waals surface area contributed by atoms with Crippen LogP contribution in [0.5, 0.6) is 0 Å². The van der Waals surface area contributed by atoms with Gasteiger partial charge < -0.3 is 20.1 Å². The molecule has 0 aromatic heterocycles. The van der Waals surface area contributed by atoms with Crippen molar-refractivity contribution in [3.63, 3.8) is 0 Å². The lowest BCUT2D eigenvalue weighted by atomic mass is 9.91. The number of nitrogens with zero attached hydrogens (tertiary/aromatic N) is 1. The summed E-state index contributed by atoms with van der Waals surface area (Å²) in [5.41, 5.74) is 3.68. The molecule has 7 heteroatoms. The van der Waals surface area contributed by atoms with Gasteiger partial charge in [-0.3, -0.25) is 9.59 Å². The van der Waals surface area contributed by atoms with Gasteiger partial charge >= 0.3 is 12.1 Å². The maximum absolute atomic E-state index is 12.9. The molecule has 33 heavy (non-hydrogen) atoms. The summed E-state index contributed by atoms with van der Waals surface area (Å²) in [7, 11) is 0. The Bertz CT molecular complexity index is 987. The van der Waals surface area contributed by atoms with Gasteiger partial charge in [-0.15, -0.1) is 0 Å². The molecule has 1 atom stereocenters. The van der Waals surface area contributed by atoms with Crippen LogP contribution in [0.3, 0.4) is 0 Å². The predicted octanol–water partition coefficient (Wildman–Crippen LogP) is 4.12. The molecule has 2 aromatic rings. The average Bonchev–Trinajstić information content (AvgIpc) is 3.13. The second-order valence-electron chi connectivity index (χ2n) is 9.15. The van der Waals surface area contributed by atoms with Crippen LogP contribution in [0, 0.1) is 11.3 Å². The molecule has 2 aromatic carbocycles. The number of benzene rings is 2. The summed E-state index contributed by atoms with van der Waals surface area (Å²) in [5, 5.41) is 11.9. The van der Waals surface area contributed by atoms with E-state index in [1.165, 1.54) is 4.90 Å². The largest absolute Gasteiger partial charge is 0.481 e. The molecule has 2 amide bonds. The summed E-state index contributed by atoms with van der Waals surface area (Å²) in [6.45, 7) is 7.64. The molecule has 0 aliphatic heterocycles. The number of carbonyl (C=O) groups excluding carboxylic acids is 2. The van der Waals surface area contributed by atoms with Crippen LogP contribution < -0.4 is 5.32 Å². The standard InChI is InChI=1S/C26H32N2O5/c1-5-28(14-17(2)23(29)30)24(31)26(3,4)16-27-25(32)33-15-22-20-12-8-6-10-18(20)19-11-7-9-13-21(19)22/h6-13,17,22H,5,14-16H2,1-4H3,(H,27,32)(H,29,30). The highest BCUT2D eigenvalue weighted by atomic mass is 16.5. The number of aliphatic carboxylic acids is 1. The minimum atomic E-state index is -0.948. The second-order valence-corrected chi connectivity index (χ2v) is 9.15. The van der Waals surface area contributed by atoms with E-state index in [-0.39, 0.29) is 31.5 Å². The highest BCUT2D eigenvalue weighted by molar-refractivity contribution is 5.83. The number of ether oxygens (including phenoxy) is 1. The van der Waals surface area contributed by atoms with Crippen molar-refractivity contribution in [2.75, 3.05) is 26.2 Å². The first-order chi connectivity index (χ1) is 15.7. The maximum Gasteiger partial charge on any atom is 0.407 e. The van der Waals surface area contributed by atoms with Crippen LogP contribution in [-0.4, -0.2) is 54.2 Å². The smallest absolute Gasteiger partial charge is 0.407 e. The normalized spacial score (nSPS) is 13.6. The van der Waals surface area contributed by atoms with Crippen LogP contribution in [-0.2, 0) is 14.3 Å². The molecule has 7 nitrogen and oxygen atoms in total. The lowest BCUT2D eigenvalue weighted by Gasteiger charge is -2.32. The van der Waals surface area contributed by atoms with Gasteiger partial charge in [0.2, 0.25) is 5.91 Å². The highest BCUT2D eigenvalue weighted by Crippen LogP contribution is 2.44. The van der Waals surface area contributed by atoms with E-state index in [0.29, 0.717) is 6.54 Å². The van der Waals surface area contributed by atoms with E-state index in [2.05, 4.69) is 29.6 Å². The van der Waals surface area contributed by atoms with Crippen molar-refractivity contribution in [3.8, 4) is 11.1 Å². The van der Waals surface area contributed by atoms with Crippen molar-refractivity contribution in [2.24, 2.45) is 11.3 Å². The highest BCUT2D eigenvalue weighted by Gasteiger charge is 2.34. The molecular formula is C26H32N2O5. The number of fused-ring (bicyclic) bond motifs is 3. The summed E-state index contributed by atoms with van der Waals surface area (Å²) in [6, 6.07) is 16.2. The number of carboxylic acids is 1. The Morgan fingerprint density at radius 1 is 1.06 bits per heavy atom. The SMILES string of the molecule is CCN(CC(C)C(=O)O)C(=O)C(C)(C)CNC(=O)OCC1c2ccccc2-c2ccccc21. The van der Waals surface area contributed by atoms with Crippen LogP contribution in [0.4, 0.5) is 4.79 Å². The fourth-order valence-corrected chi connectivity index (χ4v) is 4.21. The monoisotopic (exact) mass is 452 g/mol. The van der Waals surface area contributed by atoms with E-state index in [1.807, 2.05) is 31.2 Å². The number of carboxylic acid groups (broad SMARTS) is 1. The van der Waals surface area contributed by atoms with E-state index < -0.39 is 23.4 Å². The second kappa shape index (κ2) is 10.1. The van der Waals surface area contributed by atoms with Gasteiger partial charge in [-0.25, -0.2) is 4.79 Å². The van der Waals surface area contributed by atoms with Gasteiger partial charge in [0.05, 0.1) is 11.3 Å². The van der Waals surface area contributed by atoms with Gasteiger partial charge in [-0.2, -0.15) is 0 Å². The molecule has 0 fully saturated rings. The van der Waals surface area contributed by atoms with Gasteiger partial charge in [0.15, 0.2) is 0 Å². The first-order valence-electron chi connectivity index (χ1n) is 11.3. The molecule has 3 rings (SSSR count). The predicted molar refractivity (Wildman–Crippen MR) is 126 cm³/mol. The molecule has 0 spiro atoms. The molecule has 0 saturated heterocycles. The molecule has 1 aliphatic carbocycles. The van der Waals surface area contributed by atoms with E-state index in [0.717, 1.165) is 22.3 Å². The molecule has 2 N–H and O–H groups in total. The summed E-state index contributed by atoms with van der Waals surface area (Å²) in [4.78, 5) is 38.1. The first kappa shape index (κ1) is 24.3. The fraction of sp³-hybridized carbons (Fsp3) is 0.423. The summed E-state index contributed by atoms with van der Waals surface area (Å²) in [6.07, 6.45) is -0.584. The summed E-state index contributed by atoms with van der Waals surface area (Å²) in [5.74, 6) is -1.86. The van der Waals surface area contributed by atoms with E-state index in [9.17, 15) is 14.4 Å². The first-order valence-corrected chi connectivity index (χ1v) is 11.3. The van der Waals surface area contributed by atoms with Crippen LogP contribution >= 0.6 is 0 Å². The zero-order valence-electron chi connectivity index (χ0n) is 19.6. The third kappa shape index (κ3) is 5.35. The Morgan fingerprint density at radius 2 is 1.61 bits per heavy atom. The molecule has 176 valence electrons. The van der Waals surface area contributed by atoms with Crippen LogP contribution in [0.25, 0.3) is 11.1 Å². The molecule has 0 heterocycles. The molecule has 0 saturated carbocycles. The Labute approximate surface area is 194 Å². The van der Waals surface area contributed by atoms with Crippen molar-refractivity contribution >= 4 is 18.0 Å². The minimum absolute atomic E-state index is 0.0362. The molecule has 0 radical (unpaired) electrons. The Kier molecular flexibility index (Phi) is 7.41. The van der Waals surface area contributed by atoms with Gasteiger partial charge in [0, 0.05) is 25.6 Å². The van der Waals surface area contributed by atoms with E-state index >= 15 is 0 Å². The van der Waals surface area contributed by atoms with E-state index in [1.54, 1.807) is 20.8 Å². The maximum atomic E-state index is 12.9. The number of nitrogens with one attached hydrogen (secondary N) is 1. The Morgan fingerprint density at radius 3 is 2.12 bits per heavy atom. The van der Waals surface area contributed by atoms with Crippen LogP contribution in [0.1, 0.15) is 44.7 Å². The Balaban J connectivity index is 1.58. The van der Waals surface area contributed by atoms with Crippen molar-refractivity contribution in [2.45, 2.75) is 33.6 Å². The number of carbonyl (C=O) groups is 3. The number of alkyl carbamates (subject to hydrolysis) is 1. The van der Waals surface area contributed by atoms with Gasteiger partial charge in [-0.05, 0) is 43.0 Å². The zero-order chi connectivity index (χ0) is 24.2. The number of rotatable bonds is 9. The summed E-state index contributed by atoms with van der Waals surface area (Å²) < 4.78 is 5.54. The zero-order valence-corrected chi connectivity index (χ0v) is 19.6. The number of hydrogen-bond donors (Lipinski definition) is 2. The van der Waals surface area contributed by atoms with Crippen molar-refractivity contribution in [1.29, 1.82) is 0 Å². The Hall–Kier alpha value is -3.35. The topological polar surface area (TPSA) is 95.9 Å². The van der Waals surface area contributed by atoms with Gasteiger partial charge in [-0.1, -0.05) is 55.5 Å². The average molecular weight is 453 g/mol. The molecule has 1 aliphatic rings. The van der Waals surface area contributed by atoms with Crippen molar-refractivity contribution in [3.05, 3.63) is 59.7 Å². The third-order valence-electron chi connectivity index (χ3n) is 6.18. The summed E-state index contributed by atoms with van der Waals surface area (Å²) >= 11 is 0. The minimum Gasteiger partial charge on any atom is -0.481 e. The fourth-order valence-electron chi connectivity index (χ4n) is 4.21. The van der Waals surface area contributed by atoms with Crippen molar-refractivity contribution in [1.82, 2.24) is 10.2 Å². The quantitative estimate of drug-likeness (QED) is 0.597. The number of amides is 2. The lowest BCUT2D eigenvalue weighted by Crippen LogP contribution is -2.48. The van der Waals surface area contributed by atoms with Gasteiger partial charge in [0.1, 0.15) is 6.61 Å². The third-order valence-corrected chi connectivity index (χ3v) is 6.18. The molecule has 1 unspecified atom stereocenters. The van der Waals surface area contributed by atoms with Crippen LogP contribution in [0.15, 0.2) is 48.5 Å². The van der Waals surface area contributed by atoms with Gasteiger partial charge in [0.25, 0.3) is 0 Å². The molecule has 0 bridgehead atoms. The molecular weight excluding hydrogens is 420 g/mol. The van der Waals surface area contributed by atoms with E-state index in [4.69, 9.17) is 9.84 Å². The van der Waals surface area contributed by atoms with Crippen LogP contribution in [0.2, 0.25) is 0 Å². The lowest BCUT2D eigenvalue weighted by molar-refractivity contribution is -0.145.